The van der Waals surface area contributed by atoms with Gasteiger partial charge >= 0.3 is 0 Å². The smallest absolute Gasteiger partial charge is 0.260 e. The lowest BCUT2D eigenvalue weighted by atomic mass is 10.1. The van der Waals surface area contributed by atoms with E-state index < -0.39 is 0 Å². The number of anilines is 2. The molecule has 2 aliphatic heterocycles. The fraction of sp³-hybridized carbons (Fsp3) is 0.407. The SMILES string of the molecule is CCOc1ccc2nc(N(CCCN3CCOCC3)C(=O)c3cccc(N4C(=O)CCC4=O)c3)sc2c1. The van der Waals surface area contributed by atoms with Crippen molar-refractivity contribution in [3.05, 3.63) is 48.0 Å². The molecule has 3 aromatic rings. The Labute approximate surface area is 219 Å². The molecule has 0 aliphatic carbocycles. The van der Waals surface area contributed by atoms with E-state index in [1.165, 1.54) is 16.2 Å². The molecule has 2 aromatic carbocycles. The van der Waals surface area contributed by atoms with Crippen LogP contribution in [-0.4, -0.2) is 73.6 Å². The van der Waals surface area contributed by atoms with E-state index in [1.807, 2.05) is 25.1 Å². The van der Waals surface area contributed by atoms with Crippen molar-refractivity contribution < 1.29 is 23.9 Å². The molecular formula is C27H30N4O5S. The second-order valence-corrected chi connectivity index (χ2v) is 10.0. The van der Waals surface area contributed by atoms with Crippen molar-refractivity contribution in [2.45, 2.75) is 26.2 Å². The molecule has 2 aliphatic rings. The van der Waals surface area contributed by atoms with Crippen molar-refractivity contribution in [1.29, 1.82) is 0 Å². The maximum absolute atomic E-state index is 13.8. The van der Waals surface area contributed by atoms with Crippen LogP contribution in [0.4, 0.5) is 10.8 Å². The molecule has 0 atom stereocenters. The maximum atomic E-state index is 13.8. The third kappa shape index (κ3) is 5.66. The zero-order valence-corrected chi connectivity index (χ0v) is 21.7. The Morgan fingerprint density at radius 3 is 2.65 bits per heavy atom. The summed E-state index contributed by atoms with van der Waals surface area (Å²) in [6.45, 7) is 7.07. The third-order valence-corrected chi connectivity index (χ3v) is 7.54. The number of nitrogens with zero attached hydrogens (tertiary/aromatic N) is 4. The van der Waals surface area contributed by atoms with E-state index in [0.717, 1.165) is 55.2 Å². The minimum Gasteiger partial charge on any atom is -0.494 e. The van der Waals surface area contributed by atoms with Crippen LogP contribution in [0, 0.1) is 0 Å². The van der Waals surface area contributed by atoms with Crippen LogP contribution in [0.5, 0.6) is 5.75 Å². The Kier molecular flexibility index (Phi) is 7.78. The molecule has 0 spiro atoms. The zero-order chi connectivity index (χ0) is 25.8. The number of amides is 3. The number of carbonyl (C=O) groups excluding carboxylic acids is 3. The number of ether oxygens (including phenoxy) is 2. The molecule has 1 aromatic heterocycles. The molecule has 2 saturated heterocycles. The lowest BCUT2D eigenvalue weighted by Gasteiger charge is -2.28. The van der Waals surface area contributed by atoms with Crippen LogP contribution < -0.4 is 14.5 Å². The highest BCUT2D eigenvalue weighted by molar-refractivity contribution is 7.22. The number of hydrogen-bond acceptors (Lipinski definition) is 8. The Bertz CT molecular complexity index is 1290. The van der Waals surface area contributed by atoms with Gasteiger partial charge in [-0.1, -0.05) is 17.4 Å². The summed E-state index contributed by atoms with van der Waals surface area (Å²) < 4.78 is 12.0. The van der Waals surface area contributed by atoms with Crippen molar-refractivity contribution in [3.8, 4) is 5.75 Å². The van der Waals surface area contributed by atoms with E-state index in [0.29, 0.717) is 29.5 Å². The summed E-state index contributed by atoms with van der Waals surface area (Å²) in [7, 11) is 0. The number of morpholine rings is 1. The molecule has 10 heteroatoms. The lowest BCUT2D eigenvalue weighted by molar-refractivity contribution is -0.121. The molecule has 2 fully saturated rings. The normalized spacial score (nSPS) is 16.5. The molecule has 0 unspecified atom stereocenters. The number of aromatic nitrogens is 1. The second-order valence-electron chi connectivity index (χ2n) is 9.00. The Morgan fingerprint density at radius 2 is 1.89 bits per heavy atom. The Hall–Kier alpha value is -3.34. The van der Waals surface area contributed by atoms with E-state index in [4.69, 9.17) is 14.5 Å². The highest BCUT2D eigenvalue weighted by atomic mass is 32.1. The Morgan fingerprint density at radius 1 is 1.11 bits per heavy atom. The average Bonchev–Trinajstić information content (AvgIpc) is 3.49. The summed E-state index contributed by atoms with van der Waals surface area (Å²) in [5.41, 5.74) is 1.64. The fourth-order valence-corrected chi connectivity index (χ4v) is 5.64. The van der Waals surface area contributed by atoms with Crippen LogP contribution in [0.15, 0.2) is 42.5 Å². The van der Waals surface area contributed by atoms with Gasteiger partial charge in [0.25, 0.3) is 5.91 Å². The summed E-state index contributed by atoms with van der Waals surface area (Å²) in [5, 5.41) is 0.606. The van der Waals surface area contributed by atoms with E-state index in [9.17, 15) is 14.4 Å². The van der Waals surface area contributed by atoms with Crippen molar-refractivity contribution in [1.82, 2.24) is 9.88 Å². The van der Waals surface area contributed by atoms with Gasteiger partial charge in [0, 0.05) is 44.6 Å². The number of hydrogen-bond donors (Lipinski definition) is 0. The van der Waals surface area contributed by atoms with Crippen molar-refractivity contribution >= 4 is 50.1 Å². The van der Waals surface area contributed by atoms with Crippen LogP contribution in [0.1, 0.15) is 36.5 Å². The van der Waals surface area contributed by atoms with Crippen LogP contribution in [0.2, 0.25) is 0 Å². The van der Waals surface area contributed by atoms with Crippen LogP contribution >= 0.6 is 11.3 Å². The number of rotatable bonds is 9. The first-order valence-electron chi connectivity index (χ1n) is 12.6. The highest BCUT2D eigenvalue weighted by Gasteiger charge is 2.31. The number of imide groups is 1. The molecule has 37 heavy (non-hydrogen) atoms. The average molecular weight is 523 g/mol. The van der Waals surface area contributed by atoms with Gasteiger partial charge in [0.2, 0.25) is 11.8 Å². The number of carbonyl (C=O) groups is 3. The number of thiazole rings is 1. The fourth-order valence-electron chi connectivity index (χ4n) is 4.62. The summed E-state index contributed by atoms with van der Waals surface area (Å²) in [5.74, 6) is 0.0662. The predicted molar refractivity (Wildman–Crippen MR) is 143 cm³/mol. The number of benzene rings is 2. The van der Waals surface area contributed by atoms with E-state index >= 15 is 0 Å². The third-order valence-electron chi connectivity index (χ3n) is 6.50. The molecule has 194 valence electrons. The monoisotopic (exact) mass is 522 g/mol. The minimum absolute atomic E-state index is 0.195. The topological polar surface area (TPSA) is 92.3 Å². The molecule has 0 bridgehead atoms. The maximum Gasteiger partial charge on any atom is 0.260 e. The van der Waals surface area contributed by atoms with Crippen molar-refractivity contribution in [2.75, 3.05) is 55.8 Å². The molecule has 5 rings (SSSR count). The lowest BCUT2D eigenvalue weighted by Crippen LogP contribution is -2.39. The van der Waals surface area contributed by atoms with Crippen LogP contribution in [0.25, 0.3) is 10.2 Å². The van der Waals surface area contributed by atoms with Gasteiger partial charge in [-0.05, 0) is 49.7 Å². The van der Waals surface area contributed by atoms with Gasteiger partial charge in [-0.2, -0.15) is 0 Å². The van der Waals surface area contributed by atoms with Gasteiger partial charge in [0.15, 0.2) is 5.13 Å². The van der Waals surface area contributed by atoms with Crippen molar-refractivity contribution in [2.24, 2.45) is 0 Å². The molecule has 3 heterocycles. The first-order chi connectivity index (χ1) is 18.0. The highest BCUT2D eigenvalue weighted by Crippen LogP contribution is 2.33. The Balaban J connectivity index is 1.42. The second kappa shape index (κ2) is 11.4. The standard InChI is InChI=1S/C27H30N4O5S/c1-2-36-21-7-8-22-23(18-21)37-27(28-22)30(12-4-11-29-13-15-35-16-14-29)26(34)19-5-3-6-20(17-19)31-24(32)9-10-25(31)33/h3,5-8,17-18H,2,4,9-16H2,1H3. The minimum atomic E-state index is -0.242. The largest absolute Gasteiger partial charge is 0.494 e. The number of fused-ring (bicyclic) bond motifs is 1. The summed E-state index contributed by atoms with van der Waals surface area (Å²) in [6.07, 6.45) is 1.16. The van der Waals surface area contributed by atoms with Crippen LogP contribution in [0.3, 0.4) is 0 Å². The van der Waals surface area contributed by atoms with Gasteiger partial charge < -0.3 is 9.47 Å². The van der Waals surface area contributed by atoms with Gasteiger partial charge in [-0.15, -0.1) is 0 Å². The van der Waals surface area contributed by atoms with E-state index in [2.05, 4.69) is 4.90 Å². The zero-order valence-electron chi connectivity index (χ0n) is 20.9. The van der Waals surface area contributed by atoms with Gasteiger partial charge in [-0.3, -0.25) is 29.1 Å². The molecule has 0 N–H and O–H groups in total. The molecule has 0 radical (unpaired) electrons. The molecule has 0 saturated carbocycles. The van der Waals surface area contributed by atoms with Gasteiger partial charge in [-0.25, -0.2) is 4.98 Å². The van der Waals surface area contributed by atoms with Gasteiger partial charge in [0.1, 0.15) is 5.75 Å². The summed E-state index contributed by atoms with van der Waals surface area (Å²) in [4.78, 5) is 48.4. The first kappa shape index (κ1) is 25.3. The molecule has 3 amide bonds. The van der Waals surface area contributed by atoms with E-state index in [1.54, 1.807) is 29.2 Å². The van der Waals surface area contributed by atoms with Gasteiger partial charge in [0.05, 0.1) is 35.7 Å². The molecule has 9 nitrogen and oxygen atoms in total. The summed E-state index contributed by atoms with van der Waals surface area (Å²) >= 11 is 1.45. The predicted octanol–water partition coefficient (Wildman–Crippen LogP) is 3.72. The van der Waals surface area contributed by atoms with Crippen molar-refractivity contribution in [3.63, 3.8) is 0 Å². The quantitative estimate of drug-likeness (QED) is 0.396. The molecular weight excluding hydrogens is 492 g/mol. The first-order valence-corrected chi connectivity index (χ1v) is 13.5. The summed E-state index contributed by atoms with van der Waals surface area (Å²) in [6, 6.07) is 12.5. The van der Waals surface area contributed by atoms with Crippen LogP contribution in [-0.2, 0) is 14.3 Å². The van der Waals surface area contributed by atoms with E-state index in [-0.39, 0.29) is 30.6 Å².